The summed E-state index contributed by atoms with van der Waals surface area (Å²) >= 11 is 5.85. The summed E-state index contributed by atoms with van der Waals surface area (Å²) in [6, 6.07) is 3.50. The van der Waals surface area contributed by atoms with Crippen molar-refractivity contribution in [2.75, 3.05) is 13.2 Å². The number of carbonyl (C=O) groups excluding carboxylic acids is 1. The van der Waals surface area contributed by atoms with Gasteiger partial charge in [-0.3, -0.25) is 4.79 Å². The molecule has 0 spiro atoms. The van der Waals surface area contributed by atoms with Crippen LogP contribution < -0.4 is 5.32 Å². The summed E-state index contributed by atoms with van der Waals surface area (Å²) in [4.78, 5) is 16.2. The molecule has 1 aromatic rings. The third kappa shape index (κ3) is 3.21. The van der Waals surface area contributed by atoms with E-state index in [0.717, 1.165) is 12.1 Å². The molecule has 0 radical (unpaired) electrons. The van der Waals surface area contributed by atoms with Crippen LogP contribution in [0.3, 0.4) is 0 Å². The first-order valence-corrected chi connectivity index (χ1v) is 6.47. The van der Waals surface area contributed by atoms with Gasteiger partial charge in [0.05, 0.1) is 6.61 Å². The van der Waals surface area contributed by atoms with Crippen molar-refractivity contribution in [3.05, 3.63) is 28.5 Å². The quantitative estimate of drug-likeness (QED) is 0.837. The van der Waals surface area contributed by atoms with Crippen LogP contribution in [-0.2, 0) is 4.74 Å². The predicted octanol–water partition coefficient (Wildman–Crippen LogP) is 2.20. The van der Waals surface area contributed by atoms with E-state index < -0.39 is 0 Å². The number of nitrogens with one attached hydrogen (secondary N) is 1. The van der Waals surface area contributed by atoms with Gasteiger partial charge in [-0.2, -0.15) is 0 Å². The predicted molar refractivity (Wildman–Crippen MR) is 69.8 cm³/mol. The first-order valence-electron chi connectivity index (χ1n) is 6.09. The Balaban J connectivity index is 2.06. The van der Waals surface area contributed by atoms with Crippen molar-refractivity contribution < 1.29 is 9.53 Å². The summed E-state index contributed by atoms with van der Waals surface area (Å²) in [6.45, 7) is 5.29. The average molecular weight is 269 g/mol. The molecule has 2 atom stereocenters. The molecule has 0 aromatic carbocycles. The largest absolute Gasteiger partial charge is 0.381 e. The van der Waals surface area contributed by atoms with Gasteiger partial charge >= 0.3 is 0 Å². The molecule has 5 heteroatoms. The summed E-state index contributed by atoms with van der Waals surface area (Å²) in [7, 11) is 0. The van der Waals surface area contributed by atoms with Gasteiger partial charge in [0, 0.05) is 23.9 Å². The van der Waals surface area contributed by atoms with Crippen LogP contribution in [0.25, 0.3) is 0 Å². The molecule has 0 aliphatic carbocycles. The normalized spacial score (nSPS) is 23.7. The number of aromatic nitrogens is 1. The van der Waals surface area contributed by atoms with Gasteiger partial charge in [0.25, 0.3) is 5.91 Å². The molecule has 2 heterocycles. The number of halogens is 1. The van der Waals surface area contributed by atoms with Gasteiger partial charge in [0.2, 0.25) is 0 Å². The Morgan fingerprint density at radius 3 is 3.00 bits per heavy atom. The Hall–Kier alpha value is -1.13. The highest BCUT2D eigenvalue weighted by molar-refractivity contribution is 6.29. The molecule has 1 aliphatic heterocycles. The van der Waals surface area contributed by atoms with Crippen molar-refractivity contribution in [1.29, 1.82) is 0 Å². The summed E-state index contributed by atoms with van der Waals surface area (Å²) in [5.74, 6) is 0.238. The number of carbonyl (C=O) groups is 1. The fraction of sp³-hybridized carbons (Fsp3) is 0.538. The SMILES string of the molecule is Cc1cc(C(=O)NC2CCOCC2C)cc(Cl)n1. The maximum Gasteiger partial charge on any atom is 0.251 e. The topological polar surface area (TPSA) is 51.2 Å². The number of pyridine rings is 1. The fourth-order valence-electron chi connectivity index (χ4n) is 2.11. The molecule has 2 rings (SSSR count). The molecule has 4 nitrogen and oxygen atoms in total. The Bertz CT molecular complexity index is 430. The summed E-state index contributed by atoms with van der Waals surface area (Å²) in [6.07, 6.45) is 0.852. The molecule has 0 bridgehead atoms. The van der Waals surface area contributed by atoms with E-state index in [-0.39, 0.29) is 11.9 Å². The summed E-state index contributed by atoms with van der Waals surface area (Å²) < 4.78 is 5.36. The van der Waals surface area contributed by atoms with E-state index in [1.165, 1.54) is 0 Å². The number of amides is 1. The van der Waals surface area contributed by atoms with Gasteiger partial charge in [0.15, 0.2) is 0 Å². The minimum atomic E-state index is -0.0962. The highest BCUT2D eigenvalue weighted by Crippen LogP contribution is 2.16. The smallest absolute Gasteiger partial charge is 0.251 e. The van der Waals surface area contributed by atoms with Gasteiger partial charge in [-0.25, -0.2) is 4.98 Å². The van der Waals surface area contributed by atoms with Gasteiger partial charge in [0.1, 0.15) is 5.15 Å². The first-order chi connectivity index (χ1) is 8.56. The van der Waals surface area contributed by atoms with E-state index in [4.69, 9.17) is 16.3 Å². The first kappa shape index (κ1) is 13.3. The van der Waals surface area contributed by atoms with Crippen molar-refractivity contribution in [3.8, 4) is 0 Å². The zero-order valence-corrected chi connectivity index (χ0v) is 11.3. The molecule has 1 aliphatic rings. The minimum Gasteiger partial charge on any atom is -0.381 e. The molecule has 18 heavy (non-hydrogen) atoms. The highest BCUT2D eigenvalue weighted by atomic mass is 35.5. The van der Waals surface area contributed by atoms with Crippen molar-refractivity contribution >= 4 is 17.5 Å². The third-order valence-electron chi connectivity index (χ3n) is 3.14. The molecule has 0 saturated carbocycles. The summed E-state index contributed by atoms with van der Waals surface area (Å²) in [5, 5.41) is 3.38. The van der Waals surface area contributed by atoms with Gasteiger partial charge in [-0.1, -0.05) is 18.5 Å². The van der Waals surface area contributed by atoms with Gasteiger partial charge in [-0.15, -0.1) is 0 Å². The number of nitrogens with zero attached hydrogens (tertiary/aromatic N) is 1. The van der Waals surface area contributed by atoms with E-state index in [1.807, 2.05) is 6.92 Å². The Morgan fingerprint density at radius 1 is 1.56 bits per heavy atom. The van der Waals surface area contributed by atoms with Crippen molar-refractivity contribution in [2.24, 2.45) is 5.92 Å². The van der Waals surface area contributed by atoms with Crippen LogP contribution >= 0.6 is 11.6 Å². The molecular formula is C13H17ClN2O2. The van der Waals surface area contributed by atoms with E-state index in [2.05, 4.69) is 17.2 Å². The highest BCUT2D eigenvalue weighted by Gasteiger charge is 2.24. The molecule has 2 unspecified atom stereocenters. The van der Waals surface area contributed by atoms with E-state index in [1.54, 1.807) is 12.1 Å². The lowest BCUT2D eigenvalue weighted by Gasteiger charge is -2.29. The summed E-state index contributed by atoms with van der Waals surface area (Å²) in [5.41, 5.74) is 1.30. The van der Waals surface area contributed by atoms with E-state index in [9.17, 15) is 4.79 Å². The van der Waals surface area contributed by atoms with Crippen LogP contribution in [0.2, 0.25) is 5.15 Å². The van der Waals surface area contributed by atoms with Crippen LogP contribution in [0.5, 0.6) is 0 Å². The van der Waals surface area contributed by atoms with Crippen LogP contribution in [-0.4, -0.2) is 30.1 Å². The zero-order valence-electron chi connectivity index (χ0n) is 10.6. The second-order valence-corrected chi connectivity index (χ2v) is 5.13. The third-order valence-corrected chi connectivity index (χ3v) is 3.34. The standard InChI is InChI=1S/C13H17ClN2O2/c1-8-7-18-4-3-11(8)16-13(17)10-5-9(2)15-12(14)6-10/h5-6,8,11H,3-4,7H2,1-2H3,(H,16,17). The average Bonchev–Trinajstić information content (AvgIpc) is 2.31. The second-order valence-electron chi connectivity index (χ2n) is 4.74. The lowest BCUT2D eigenvalue weighted by Crippen LogP contribution is -2.44. The lowest BCUT2D eigenvalue weighted by molar-refractivity contribution is 0.0375. The Labute approximate surface area is 112 Å². The number of aryl methyl sites for hydroxylation is 1. The van der Waals surface area contributed by atoms with Crippen LogP contribution in [0, 0.1) is 12.8 Å². The lowest BCUT2D eigenvalue weighted by atomic mass is 9.97. The second kappa shape index (κ2) is 5.67. The molecule has 1 amide bonds. The molecule has 98 valence electrons. The minimum absolute atomic E-state index is 0.0962. The molecular weight excluding hydrogens is 252 g/mol. The maximum absolute atomic E-state index is 12.1. The molecule has 1 fully saturated rings. The van der Waals surface area contributed by atoms with Gasteiger partial charge in [-0.05, 0) is 31.4 Å². The number of hydrogen-bond acceptors (Lipinski definition) is 3. The van der Waals surface area contributed by atoms with Crippen molar-refractivity contribution in [3.63, 3.8) is 0 Å². The maximum atomic E-state index is 12.1. The fourth-order valence-corrected chi connectivity index (χ4v) is 2.36. The van der Waals surface area contributed by atoms with Gasteiger partial charge < -0.3 is 10.1 Å². The van der Waals surface area contributed by atoms with E-state index in [0.29, 0.717) is 29.8 Å². The zero-order chi connectivity index (χ0) is 13.1. The van der Waals surface area contributed by atoms with Crippen LogP contribution in [0.1, 0.15) is 29.4 Å². The van der Waals surface area contributed by atoms with Crippen molar-refractivity contribution in [1.82, 2.24) is 10.3 Å². The Kier molecular flexibility index (Phi) is 4.19. The number of rotatable bonds is 2. The monoisotopic (exact) mass is 268 g/mol. The number of hydrogen-bond donors (Lipinski definition) is 1. The molecule has 1 saturated heterocycles. The number of ether oxygens (including phenoxy) is 1. The van der Waals surface area contributed by atoms with Crippen molar-refractivity contribution in [2.45, 2.75) is 26.3 Å². The van der Waals surface area contributed by atoms with Crippen LogP contribution in [0.15, 0.2) is 12.1 Å². The Morgan fingerprint density at radius 2 is 2.33 bits per heavy atom. The van der Waals surface area contributed by atoms with Crippen LogP contribution in [0.4, 0.5) is 0 Å². The molecule has 1 N–H and O–H groups in total. The molecule has 1 aromatic heterocycles. The van der Waals surface area contributed by atoms with E-state index >= 15 is 0 Å².